The molecule has 1 fully saturated rings. The van der Waals surface area contributed by atoms with Gasteiger partial charge in [-0.1, -0.05) is 66.7 Å². The Kier molecular flexibility index (Phi) is 5.38. The van der Waals surface area contributed by atoms with Crippen LogP contribution in [0.2, 0.25) is 0 Å². The van der Waals surface area contributed by atoms with E-state index in [0.717, 1.165) is 11.1 Å². The van der Waals surface area contributed by atoms with Crippen LogP contribution >= 0.6 is 0 Å². The van der Waals surface area contributed by atoms with Crippen molar-refractivity contribution in [3.8, 4) is 22.3 Å². The van der Waals surface area contributed by atoms with E-state index >= 15 is 0 Å². The number of nitrogens with zero attached hydrogens (tertiary/aromatic N) is 1. The number of hydrogen-bond acceptors (Lipinski definition) is 2. The topological polar surface area (TPSA) is 23.5 Å². The normalized spacial score (nSPS) is 15.8. The molecule has 1 N–H and O–H groups in total. The molecule has 3 aromatic rings. The van der Waals surface area contributed by atoms with Crippen LogP contribution < -0.4 is 0 Å². The van der Waals surface area contributed by atoms with E-state index in [1.807, 2.05) is 18.2 Å². The van der Waals surface area contributed by atoms with Crippen LogP contribution in [-0.4, -0.2) is 23.1 Å². The Bertz CT molecular complexity index is 877. The zero-order valence-electron chi connectivity index (χ0n) is 15.9. The average Bonchev–Trinajstić information content (AvgIpc) is 3.28. The molecule has 27 heavy (non-hydrogen) atoms. The summed E-state index contributed by atoms with van der Waals surface area (Å²) < 4.78 is 0. The first-order valence-corrected chi connectivity index (χ1v) is 9.89. The van der Waals surface area contributed by atoms with Gasteiger partial charge in [-0.15, -0.1) is 0 Å². The molecule has 2 heteroatoms. The number of aliphatic hydroxyl groups is 1. The predicted molar refractivity (Wildman–Crippen MR) is 112 cm³/mol. The van der Waals surface area contributed by atoms with Crippen LogP contribution in [0.4, 0.5) is 0 Å². The van der Waals surface area contributed by atoms with Crippen molar-refractivity contribution in [1.82, 2.24) is 4.90 Å². The van der Waals surface area contributed by atoms with E-state index in [1.54, 1.807) is 0 Å². The standard InChI is InChI=1S/C25H27NO/c1-19(26-15-2-3-16-26)21-7-9-22(10-8-21)23-11-13-24(14-12-23)25-6-4-5-20(17-25)18-27/h4-14,17,19,27H,2-3,15-16,18H2,1H3. The summed E-state index contributed by atoms with van der Waals surface area (Å²) in [7, 11) is 0. The number of benzene rings is 3. The van der Waals surface area contributed by atoms with Crippen molar-refractivity contribution in [3.05, 3.63) is 83.9 Å². The second-order valence-corrected chi connectivity index (χ2v) is 7.48. The van der Waals surface area contributed by atoms with Crippen molar-refractivity contribution in [1.29, 1.82) is 0 Å². The Morgan fingerprint density at radius 3 is 1.93 bits per heavy atom. The molecule has 1 aliphatic rings. The maximum absolute atomic E-state index is 9.33. The van der Waals surface area contributed by atoms with E-state index in [1.165, 1.54) is 48.2 Å². The van der Waals surface area contributed by atoms with Gasteiger partial charge in [0, 0.05) is 6.04 Å². The third-order valence-electron chi connectivity index (χ3n) is 5.74. The van der Waals surface area contributed by atoms with E-state index < -0.39 is 0 Å². The molecule has 3 aromatic carbocycles. The molecule has 138 valence electrons. The van der Waals surface area contributed by atoms with Gasteiger partial charge in [-0.05, 0) is 72.3 Å². The third kappa shape index (κ3) is 3.97. The van der Waals surface area contributed by atoms with Gasteiger partial charge in [-0.2, -0.15) is 0 Å². The molecule has 1 aliphatic heterocycles. The molecule has 1 atom stereocenters. The molecular weight excluding hydrogens is 330 g/mol. The van der Waals surface area contributed by atoms with Crippen LogP contribution in [0.1, 0.15) is 36.9 Å². The third-order valence-corrected chi connectivity index (χ3v) is 5.74. The minimum absolute atomic E-state index is 0.0775. The summed E-state index contributed by atoms with van der Waals surface area (Å²) in [6, 6.07) is 26.3. The largest absolute Gasteiger partial charge is 0.392 e. The van der Waals surface area contributed by atoms with Gasteiger partial charge in [0.05, 0.1) is 6.61 Å². The van der Waals surface area contributed by atoms with Gasteiger partial charge in [0.15, 0.2) is 0 Å². The smallest absolute Gasteiger partial charge is 0.0682 e. The minimum atomic E-state index is 0.0775. The molecule has 2 nitrogen and oxygen atoms in total. The predicted octanol–water partition coefficient (Wildman–Crippen LogP) is 5.67. The maximum Gasteiger partial charge on any atom is 0.0682 e. The van der Waals surface area contributed by atoms with Crippen LogP contribution in [0, 0.1) is 0 Å². The summed E-state index contributed by atoms with van der Waals surface area (Å²) in [4.78, 5) is 2.57. The Morgan fingerprint density at radius 2 is 1.33 bits per heavy atom. The maximum atomic E-state index is 9.33. The highest BCUT2D eigenvalue weighted by molar-refractivity contribution is 5.70. The van der Waals surface area contributed by atoms with Crippen LogP contribution in [0.3, 0.4) is 0 Å². The highest BCUT2D eigenvalue weighted by Crippen LogP contribution is 2.29. The molecule has 0 amide bonds. The number of likely N-dealkylation sites (tertiary alicyclic amines) is 1. The molecule has 4 rings (SSSR count). The van der Waals surface area contributed by atoms with Gasteiger partial charge >= 0.3 is 0 Å². The number of aliphatic hydroxyl groups excluding tert-OH is 1. The quantitative estimate of drug-likeness (QED) is 0.636. The van der Waals surface area contributed by atoms with Gasteiger partial charge in [0.2, 0.25) is 0 Å². The summed E-state index contributed by atoms with van der Waals surface area (Å²) in [5.74, 6) is 0. The van der Waals surface area contributed by atoms with E-state index in [0.29, 0.717) is 6.04 Å². The SMILES string of the molecule is CC(c1ccc(-c2ccc(-c3cccc(CO)c3)cc2)cc1)N1CCCC1. The summed E-state index contributed by atoms with van der Waals surface area (Å²) in [5, 5.41) is 9.33. The van der Waals surface area contributed by atoms with Crippen molar-refractivity contribution < 1.29 is 5.11 Å². The Hall–Kier alpha value is -2.42. The van der Waals surface area contributed by atoms with E-state index in [4.69, 9.17) is 0 Å². The molecule has 0 aromatic heterocycles. The fourth-order valence-corrected chi connectivity index (χ4v) is 4.00. The Morgan fingerprint density at radius 1 is 0.778 bits per heavy atom. The van der Waals surface area contributed by atoms with Crippen molar-refractivity contribution >= 4 is 0 Å². The lowest BCUT2D eigenvalue weighted by Gasteiger charge is -2.24. The molecule has 0 saturated carbocycles. The first-order valence-electron chi connectivity index (χ1n) is 9.89. The van der Waals surface area contributed by atoms with Gasteiger partial charge in [-0.3, -0.25) is 4.90 Å². The summed E-state index contributed by atoms with van der Waals surface area (Å²) in [6.07, 6.45) is 2.66. The molecular formula is C25H27NO. The van der Waals surface area contributed by atoms with Crippen LogP contribution in [-0.2, 0) is 6.61 Å². The lowest BCUT2D eigenvalue weighted by molar-refractivity contribution is 0.263. The second kappa shape index (κ2) is 8.08. The lowest BCUT2D eigenvalue weighted by Crippen LogP contribution is -2.23. The van der Waals surface area contributed by atoms with Gasteiger partial charge in [0.1, 0.15) is 0 Å². The summed E-state index contributed by atoms with van der Waals surface area (Å²) >= 11 is 0. The summed E-state index contributed by atoms with van der Waals surface area (Å²) in [6.45, 7) is 4.84. The Balaban J connectivity index is 1.51. The number of rotatable bonds is 5. The molecule has 1 saturated heterocycles. The molecule has 0 radical (unpaired) electrons. The number of hydrogen-bond donors (Lipinski definition) is 1. The highest BCUT2D eigenvalue weighted by Gasteiger charge is 2.19. The second-order valence-electron chi connectivity index (χ2n) is 7.48. The summed E-state index contributed by atoms with van der Waals surface area (Å²) in [5.41, 5.74) is 7.15. The lowest BCUT2D eigenvalue weighted by atomic mass is 9.97. The fraction of sp³-hybridized carbons (Fsp3) is 0.280. The molecule has 0 aliphatic carbocycles. The fourth-order valence-electron chi connectivity index (χ4n) is 4.00. The monoisotopic (exact) mass is 357 g/mol. The first-order chi connectivity index (χ1) is 13.2. The average molecular weight is 357 g/mol. The zero-order chi connectivity index (χ0) is 18.6. The van der Waals surface area contributed by atoms with Gasteiger partial charge < -0.3 is 5.11 Å². The highest BCUT2D eigenvalue weighted by atomic mass is 16.3. The Labute approximate surface area is 162 Å². The molecule has 0 spiro atoms. The van der Waals surface area contributed by atoms with Crippen molar-refractivity contribution in [2.45, 2.75) is 32.4 Å². The molecule has 0 bridgehead atoms. The molecule has 1 heterocycles. The van der Waals surface area contributed by atoms with E-state index in [9.17, 15) is 5.11 Å². The van der Waals surface area contributed by atoms with Crippen molar-refractivity contribution in [2.75, 3.05) is 13.1 Å². The minimum Gasteiger partial charge on any atom is -0.392 e. The first kappa shape index (κ1) is 18.0. The van der Waals surface area contributed by atoms with Crippen molar-refractivity contribution in [2.24, 2.45) is 0 Å². The van der Waals surface area contributed by atoms with E-state index in [2.05, 4.69) is 66.4 Å². The van der Waals surface area contributed by atoms with E-state index in [-0.39, 0.29) is 6.61 Å². The zero-order valence-corrected chi connectivity index (χ0v) is 15.9. The van der Waals surface area contributed by atoms with Crippen molar-refractivity contribution in [3.63, 3.8) is 0 Å². The van der Waals surface area contributed by atoms with Gasteiger partial charge in [0.25, 0.3) is 0 Å². The van der Waals surface area contributed by atoms with Gasteiger partial charge in [-0.25, -0.2) is 0 Å². The molecule has 1 unspecified atom stereocenters. The van der Waals surface area contributed by atoms with Crippen LogP contribution in [0.5, 0.6) is 0 Å². The van der Waals surface area contributed by atoms with Crippen LogP contribution in [0.25, 0.3) is 22.3 Å². The van der Waals surface area contributed by atoms with Crippen LogP contribution in [0.15, 0.2) is 72.8 Å².